The number of benzene rings is 1. The van der Waals surface area contributed by atoms with Crippen LogP contribution in [0.4, 0.5) is 0 Å². The topological polar surface area (TPSA) is 30.5 Å². The van der Waals surface area contributed by atoms with Gasteiger partial charge in [0.1, 0.15) is 0 Å². The molecule has 3 nitrogen and oxygen atoms in total. The van der Waals surface area contributed by atoms with Crippen molar-refractivity contribution >= 4 is 15.9 Å². The van der Waals surface area contributed by atoms with Gasteiger partial charge in [-0.05, 0) is 59.9 Å². The highest BCUT2D eigenvalue weighted by Crippen LogP contribution is 2.37. The third-order valence-electron chi connectivity index (χ3n) is 3.06. The fourth-order valence-corrected chi connectivity index (χ4v) is 2.65. The molecule has 4 heteroatoms. The molecule has 0 saturated heterocycles. The normalized spacial score (nSPS) is 12.2. The molecule has 0 radical (unpaired) electrons. The van der Waals surface area contributed by atoms with E-state index in [2.05, 4.69) is 48.1 Å². The molecule has 1 aromatic rings. The van der Waals surface area contributed by atoms with Gasteiger partial charge in [-0.2, -0.15) is 0 Å². The Kier molecular flexibility index (Phi) is 8.00. The van der Waals surface area contributed by atoms with Crippen molar-refractivity contribution in [2.24, 2.45) is 0 Å². The number of hydrogen-bond donors (Lipinski definition) is 1. The molecular weight excluding hydrogens is 318 g/mol. The Hall–Kier alpha value is -0.740. The van der Waals surface area contributed by atoms with E-state index in [1.54, 1.807) is 7.11 Å². The molecule has 114 valence electrons. The van der Waals surface area contributed by atoms with E-state index in [-0.39, 0.29) is 6.10 Å². The minimum Gasteiger partial charge on any atom is -0.493 e. The van der Waals surface area contributed by atoms with Crippen LogP contribution in [0.25, 0.3) is 0 Å². The molecule has 0 spiro atoms. The first kappa shape index (κ1) is 17.3. The minimum absolute atomic E-state index is 0.189. The minimum atomic E-state index is 0.189. The summed E-state index contributed by atoms with van der Waals surface area (Å²) < 4.78 is 12.4. The van der Waals surface area contributed by atoms with Crippen LogP contribution >= 0.6 is 15.9 Å². The molecule has 0 aromatic heterocycles. The van der Waals surface area contributed by atoms with Crippen LogP contribution in [0.3, 0.4) is 0 Å². The zero-order valence-corrected chi connectivity index (χ0v) is 14.5. The zero-order valence-electron chi connectivity index (χ0n) is 13.0. The summed E-state index contributed by atoms with van der Waals surface area (Å²) in [6, 6.07) is 4.14. The standard InChI is InChI=1S/C16H26BrNO2/c1-5-7-12(3)20-16-14(17)9-13(10-15(16)19-4)11-18-8-6-2/h9-10,12,18H,5-8,11H2,1-4H3. The Morgan fingerprint density at radius 3 is 2.60 bits per heavy atom. The van der Waals surface area contributed by atoms with Gasteiger partial charge in [0.2, 0.25) is 0 Å². The highest BCUT2D eigenvalue weighted by Gasteiger charge is 2.14. The summed E-state index contributed by atoms with van der Waals surface area (Å²) in [5.41, 5.74) is 1.19. The SMILES string of the molecule is CCCNCc1cc(Br)c(OC(C)CCC)c(OC)c1. The Morgan fingerprint density at radius 2 is 2.00 bits per heavy atom. The fraction of sp³-hybridized carbons (Fsp3) is 0.625. The maximum Gasteiger partial charge on any atom is 0.175 e. The van der Waals surface area contributed by atoms with E-state index in [0.717, 1.165) is 48.3 Å². The van der Waals surface area contributed by atoms with Crippen LogP contribution < -0.4 is 14.8 Å². The average Bonchev–Trinajstić information content (AvgIpc) is 2.42. The summed E-state index contributed by atoms with van der Waals surface area (Å²) in [5, 5.41) is 3.39. The first-order chi connectivity index (χ1) is 9.62. The molecule has 0 saturated carbocycles. The predicted molar refractivity (Wildman–Crippen MR) is 87.7 cm³/mol. The van der Waals surface area contributed by atoms with Gasteiger partial charge in [-0.15, -0.1) is 0 Å². The lowest BCUT2D eigenvalue weighted by atomic mass is 10.2. The highest BCUT2D eigenvalue weighted by molar-refractivity contribution is 9.10. The monoisotopic (exact) mass is 343 g/mol. The van der Waals surface area contributed by atoms with Gasteiger partial charge in [-0.3, -0.25) is 0 Å². The maximum absolute atomic E-state index is 6.00. The Bertz CT molecular complexity index is 410. The molecule has 0 aliphatic rings. The summed E-state index contributed by atoms with van der Waals surface area (Å²) in [4.78, 5) is 0. The number of halogens is 1. The van der Waals surface area contributed by atoms with Gasteiger partial charge < -0.3 is 14.8 Å². The number of nitrogens with one attached hydrogen (secondary N) is 1. The molecule has 0 fully saturated rings. The molecule has 1 aromatic carbocycles. The molecule has 20 heavy (non-hydrogen) atoms. The summed E-state index contributed by atoms with van der Waals surface area (Å²) in [5.74, 6) is 1.59. The van der Waals surface area contributed by atoms with Crippen LogP contribution in [0.5, 0.6) is 11.5 Å². The molecule has 1 unspecified atom stereocenters. The van der Waals surface area contributed by atoms with E-state index in [4.69, 9.17) is 9.47 Å². The predicted octanol–water partition coefficient (Wildman–Crippen LogP) is 4.52. The van der Waals surface area contributed by atoms with Crippen molar-refractivity contribution in [2.45, 2.75) is 52.7 Å². The van der Waals surface area contributed by atoms with Crippen LogP contribution in [-0.4, -0.2) is 19.8 Å². The van der Waals surface area contributed by atoms with Crippen molar-refractivity contribution in [3.05, 3.63) is 22.2 Å². The Morgan fingerprint density at radius 1 is 1.25 bits per heavy atom. The first-order valence-corrected chi connectivity index (χ1v) is 8.15. The maximum atomic E-state index is 6.00. The number of methoxy groups -OCH3 is 1. The lowest BCUT2D eigenvalue weighted by Crippen LogP contribution is -2.15. The largest absolute Gasteiger partial charge is 0.493 e. The highest BCUT2D eigenvalue weighted by atomic mass is 79.9. The van der Waals surface area contributed by atoms with Crippen molar-refractivity contribution in [1.29, 1.82) is 0 Å². The number of rotatable bonds is 9. The van der Waals surface area contributed by atoms with E-state index in [1.165, 1.54) is 5.56 Å². The molecule has 0 heterocycles. The number of ether oxygens (including phenoxy) is 2. The molecule has 1 rings (SSSR count). The molecule has 0 amide bonds. The van der Waals surface area contributed by atoms with Gasteiger partial charge in [0.05, 0.1) is 17.7 Å². The zero-order chi connectivity index (χ0) is 15.0. The molecule has 0 aliphatic carbocycles. The summed E-state index contributed by atoms with van der Waals surface area (Å²) >= 11 is 3.59. The van der Waals surface area contributed by atoms with E-state index in [9.17, 15) is 0 Å². The second-order valence-corrected chi connectivity index (χ2v) is 5.86. The van der Waals surface area contributed by atoms with Crippen LogP contribution in [-0.2, 0) is 6.54 Å². The van der Waals surface area contributed by atoms with Gasteiger partial charge in [-0.25, -0.2) is 0 Å². The second kappa shape index (κ2) is 9.24. The molecular formula is C16H26BrNO2. The van der Waals surface area contributed by atoms with Crippen molar-refractivity contribution < 1.29 is 9.47 Å². The lowest BCUT2D eigenvalue weighted by Gasteiger charge is -2.19. The van der Waals surface area contributed by atoms with Gasteiger partial charge in [0, 0.05) is 6.54 Å². The summed E-state index contributed by atoms with van der Waals surface area (Å²) in [6.45, 7) is 8.27. The van der Waals surface area contributed by atoms with E-state index >= 15 is 0 Å². The third kappa shape index (κ3) is 5.33. The van der Waals surface area contributed by atoms with Crippen LogP contribution in [0.1, 0.15) is 45.6 Å². The molecule has 1 N–H and O–H groups in total. The van der Waals surface area contributed by atoms with Gasteiger partial charge in [-0.1, -0.05) is 20.3 Å². The van der Waals surface area contributed by atoms with Crippen molar-refractivity contribution in [1.82, 2.24) is 5.32 Å². The quantitative estimate of drug-likeness (QED) is 0.668. The Labute approximate surface area is 131 Å². The van der Waals surface area contributed by atoms with Gasteiger partial charge in [0.15, 0.2) is 11.5 Å². The van der Waals surface area contributed by atoms with Crippen LogP contribution in [0.2, 0.25) is 0 Å². The summed E-state index contributed by atoms with van der Waals surface area (Å²) in [7, 11) is 1.68. The van der Waals surface area contributed by atoms with Gasteiger partial charge in [0.25, 0.3) is 0 Å². The smallest absolute Gasteiger partial charge is 0.175 e. The Balaban J connectivity index is 2.84. The lowest BCUT2D eigenvalue weighted by molar-refractivity contribution is 0.199. The van der Waals surface area contributed by atoms with Crippen molar-refractivity contribution in [2.75, 3.05) is 13.7 Å². The molecule has 0 bridgehead atoms. The van der Waals surface area contributed by atoms with Gasteiger partial charge >= 0.3 is 0 Å². The number of hydrogen-bond acceptors (Lipinski definition) is 3. The van der Waals surface area contributed by atoms with E-state index < -0.39 is 0 Å². The first-order valence-electron chi connectivity index (χ1n) is 7.36. The van der Waals surface area contributed by atoms with E-state index in [1.807, 2.05) is 6.07 Å². The fourth-order valence-electron chi connectivity index (χ4n) is 2.07. The average molecular weight is 344 g/mol. The summed E-state index contributed by atoms with van der Waals surface area (Å²) in [6.07, 6.45) is 3.47. The van der Waals surface area contributed by atoms with Crippen LogP contribution in [0, 0.1) is 0 Å². The second-order valence-electron chi connectivity index (χ2n) is 5.00. The van der Waals surface area contributed by atoms with Crippen molar-refractivity contribution in [3.63, 3.8) is 0 Å². The molecule has 1 atom stereocenters. The van der Waals surface area contributed by atoms with Crippen LogP contribution in [0.15, 0.2) is 16.6 Å². The van der Waals surface area contributed by atoms with E-state index in [0.29, 0.717) is 0 Å². The molecule has 0 aliphatic heterocycles. The third-order valence-corrected chi connectivity index (χ3v) is 3.65. The van der Waals surface area contributed by atoms with Crippen molar-refractivity contribution in [3.8, 4) is 11.5 Å².